The Bertz CT molecular complexity index is 1020. The fourth-order valence-electron chi connectivity index (χ4n) is 3.24. The summed E-state index contributed by atoms with van der Waals surface area (Å²) >= 11 is 12.1. The molecule has 1 aliphatic heterocycles. The normalized spacial score (nSPS) is 14.2. The maximum Gasteiger partial charge on any atom is 0.255 e. The lowest BCUT2D eigenvalue weighted by molar-refractivity contribution is 0.0746. The number of hydrogen-bond acceptors (Lipinski definition) is 4. The summed E-state index contributed by atoms with van der Waals surface area (Å²) in [6.45, 7) is 2.36. The average Bonchev–Trinajstić information content (AvgIpc) is 2.76. The second-order valence-electron chi connectivity index (χ2n) is 6.69. The van der Waals surface area contributed by atoms with Crippen LogP contribution in [0.2, 0.25) is 10.0 Å². The molecular weight excluding hydrogens is 414 g/mol. The molecule has 1 saturated heterocycles. The quantitative estimate of drug-likeness (QED) is 0.611. The van der Waals surface area contributed by atoms with Crippen molar-refractivity contribution in [3.05, 3.63) is 76.0 Å². The van der Waals surface area contributed by atoms with Crippen LogP contribution in [0.1, 0.15) is 10.4 Å². The van der Waals surface area contributed by atoms with Gasteiger partial charge in [0, 0.05) is 36.8 Å². The van der Waals surface area contributed by atoms with E-state index >= 15 is 0 Å². The highest BCUT2D eigenvalue weighted by molar-refractivity contribution is 6.35. The summed E-state index contributed by atoms with van der Waals surface area (Å²) in [6.07, 6.45) is 0. The van der Waals surface area contributed by atoms with E-state index < -0.39 is 0 Å². The lowest BCUT2D eigenvalue weighted by Crippen LogP contribution is -2.49. The standard InChI is InChI=1S/C21H17Cl2FN4O/c22-15-3-6-18(23)17(13-15)21(29)28-11-9-27(10-12-28)20-8-7-19(25-26-20)14-1-4-16(24)5-2-14/h1-8,13H,9-12H2. The topological polar surface area (TPSA) is 49.3 Å². The summed E-state index contributed by atoms with van der Waals surface area (Å²) in [5.41, 5.74) is 1.90. The van der Waals surface area contributed by atoms with Crippen molar-refractivity contribution < 1.29 is 9.18 Å². The van der Waals surface area contributed by atoms with Gasteiger partial charge in [0.1, 0.15) is 5.82 Å². The van der Waals surface area contributed by atoms with Crippen molar-refractivity contribution in [2.75, 3.05) is 31.1 Å². The number of carbonyl (C=O) groups is 1. The average molecular weight is 431 g/mol. The van der Waals surface area contributed by atoms with Crippen LogP contribution >= 0.6 is 23.2 Å². The Morgan fingerprint density at radius 1 is 0.897 bits per heavy atom. The van der Waals surface area contributed by atoms with Gasteiger partial charge in [-0.1, -0.05) is 23.2 Å². The Hall–Kier alpha value is -2.70. The Labute approximate surface area is 177 Å². The molecule has 5 nitrogen and oxygen atoms in total. The summed E-state index contributed by atoms with van der Waals surface area (Å²) in [5.74, 6) is 0.323. The SMILES string of the molecule is O=C(c1cc(Cl)ccc1Cl)N1CCN(c2ccc(-c3ccc(F)cc3)nn2)CC1. The summed E-state index contributed by atoms with van der Waals surface area (Å²) in [6, 6.07) is 14.8. The summed E-state index contributed by atoms with van der Waals surface area (Å²) in [7, 11) is 0. The Morgan fingerprint density at radius 2 is 1.62 bits per heavy atom. The van der Waals surface area contributed by atoms with E-state index in [1.165, 1.54) is 12.1 Å². The van der Waals surface area contributed by atoms with Crippen LogP contribution in [0.25, 0.3) is 11.3 Å². The van der Waals surface area contributed by atoms with Crippen LogP contribution < -0.4 is 4.90 Å². The first-order chi connectivity index (χ1) is 14.0. The molecule has 2 aromatic carbocycles. The number of rotatable bonds is 3. The van der Waals surface area contributed by atoms with E-state index in [0.29, 0.717) is 47.5 Å². The highest BCUT2D eigenvalue weighted by Crippen LogP contribution is 2.24. The molecule has 0 aliphatic carbocycles. The van der Waals surface area contributed by atoms with Gasteiger partial charge in [-0.15, -0.1) is 10.2 Å². The van der Waals surface area contributed by atoms with E-state index in [2.05, 4.69) is 15.1 Å². The molecule has 0 unspecified atom stereocenters. The van der Waals surface area contributed by atoms with Gasteiger partial charge in [-0.2, -0.15) is 0 Å². The molecule has 1 fully saturated rings. The van der Waals surface area contributed by atoms with Gasteiger partial charge >= 0.3 is 0 Å². The molecule has 0 N–H and O–H groups in total. The van der Waals surface area contributed by atoms with Gasteiger partial charge in [0.15, 0.2) is 5.82 Å². The van der Waals surface area contributed by atoms with Crippen LogP contribution in [0.5, 0.6) is 0 Å². The predicted molar refractivity (Wildman–Crippen MR) is 112 cm³/mol. The minimum absolute atomic E-state index is 0.130. The number of halogens is 3. The Balaban J connectivity index is 1.41. The van der Waals surface area contributed by atoms with Gasteiger partial charge < -0.3 is 9.80 Å². The predicted octanol–water partition coefficient (Wildman–Crippen LogP) is 4.55. The minimum atomic E-state index is -0.287. The minimum Gasteiger partial charge on any atom is -0.352 e. The van der Waals surface area contributed by atoms with Crippen molar-refractivity contribution in [1.29, 1.82) is 0 Å². The molecule has 0 atom stereocenters. The number of hydrogen-bond donors (Lipinski definition) is 0. The number of piperazine rings is 1. The zero-order chi connectivity index (χ0) is 20.4. The van der Waals surface area contributed by atoms with Gasteiger partial charge in [-0.05, 0) is 54.6 Å². The van der Waals surface area contributed by atoms with E-state index in [-0.39, 0.29) is 11.7 Å². The summed E-state index contributed by atoms with van der Waals surface area (Å²) in [5, 5.41) is 9.42. The molecule has 0 spiro atoms. The number of amides is 1. The zero-order valence-corrected chi connectivity index (χ0v) is 16.9. The van der Waals surface area contributed by atoms with Crippen LogP contribution in [0.4, 0.5) is 10.2 Å². The molecule has 29 heavy (non-hydrogen) atoms. The number of nitrogens with zero attached hydrogens (tertiary/aromatic N) is 4. The number of aromatic nitrogens is 2. The number of benzene rings is 2. The van der Waals surface area contributed by atoms with E-state index in [0.717, 1.165) is 11.4 Å². The van der Waals surface area contributed by atoms with E-state index in [9.17, 15) is 9.18 Å². The Morgan fingerprint density at radius 3 is 2.28 bits per heavy atom. The second kappa shape index (κ2) is 8.35. The monoisotopic (exact) mass is 430 g/mol. The fraction of sp³-hybridized carbons (Fsp3) is 0.190. The van der Waals surface area contributed by atoms with Crippen molar-refractivity contribution in [2.24, 2.45) is 0 Å². The highest BCUT2D eigenvalue weighted by Gasteiger charge is 2.24. The molecule has 0 saturated carbocycles. The Kier molecular flexibility index (Phi) is 5.65. The van der Waals surface area contributed by atoms with Gasteiger partial charge in [-0.25, -0.2) is 4.39 Å². The van der Waals surface area contributed by atoms with Gasteiger partial charge in [0.25, 0.3) is 5.91 Å². The molecule has 3 aromatic rings. The van der Waals surface area contributed by atoms with E-state index in [1.807, 2.05) is 12.1 Å². The van der Waals surface area contributed by atoms with E-state index in [4.69, 9.17) is 23.2 Å². The third-order valence-corrected chi connectivity index (χ3v) is 5.40. The highest BCUT2D eigenvalue weighted by atomic mass is 35.5. The van der Waals surface area contributed by atoms with Crippen molar-refractivity contribution in [1.82, 2.24) is 15.1 Å². The smallest absolute Gasteiger partial charge is 0.255 e. The molecule has 0 radical (unpaired) electrons. The van der Waals surface area contributed by atoms with Gasteiger partial charge in [-0.3, -0.25) is 4.79 Å². The number of anilines is 1. The molecule has 0 bridgehead atoms. The number of carbonyl (C=O) groups excluding carboxylic acids is 1. The lowest BCUT2D eigenvalue weighted by Gasteiger charge is -2.35. The van der Waals surface area contributed by atoms with Crippen LogP contribution in [0, 0.1) is 5.82 Å². The third-order valence-electron chi connectivity index (χ3n) is 4.84. The summed E-state index contributed by atoms with van der Waals surface area (Å²) < 4.78 is 13.1. The van der Waals surface area contributed by atoms with Gasteiger partial charge in [0.2, 0.25) is 0 Å². The maximum absolute atomic E-state index is 13.1. The molecule has 1 amide bonds. The van der Waals surface area contributed by atoms with Crippen LogP contribution in [0.3, 0.4) is 0 Å². The van der Waals surface area contributed by atoms with Crippen molar-refractivity contribution in [3.63, 3.8) is 0 Å². The zero-order valence-electron chi connectivity index (χ0n) is 15.4. The molecule has 4 rings (SSSR count). The molecule has 1 aliphatic rings. The van der Waals surface area contributed by atoms with Crippen LogP contribution in [0.15, 0.2) is 54.6 Å². The largest absolute Gasteiger partial charge is 0.352 e. The lowest BCUT2D eigenvalue weighted by atomic mass is 10.1. The van der Waals surface area contributed by atoms with Crippen LogP contribution in [-0.4, -0.2) is 47.2 Å². The first-order valence-electron chi connectivity index (χ1n) is 9.10. The molecule has 1 aromatic heterocycles. The summed E-state index contributed by atoms with van der Waals surface area (Å²) in [4.78, 5) is 16.6. The second-order valence-corrected chi connectivity index (χ2v) is 7.53. The van der Waals surface area contributed by atoms with Crippen molar-refractivity contribution >= 4 is 34.9 Å². The van der Waals surface area contributed by atoms with Gasteiger partial charge in [0.05, 0.1) is 16.3 Å². The molecule has 8 heteroatoms. The maximum atomic E-state index is 13.1. The molecular formula is C21H17Cl2FN4O. The van der Waals surface area contributed by atoms with Crippen molar-refractivity contribution in [3.8, 4) is 11.3 Å². The first-order valence-corrected chi connectivity index (χ1v) is 9.86. The fourth-order valence-corrected chi connectivity index (χ4v) is 3.61. The first kappa shape index (κ1) is 19.6. The third kappa shape index (κ3) is 4.33. The van der Waals surface area contributed by atoms with E-state index in [1.54, 1.807) is 35.2 Å². The van der Waals surface area contributed by atoms with Crippen LogP contribution in [-0.2, 0) is 0 Å². The molecule has 148 valence electrons. The van der Waals surface area contributed by atoms with Crippen molar-refractivity contribution in [2.45, 2.75) is 0 Å². The molecule has 2 heterocycles.